The van der Waals surface area contributed by atoms with E-state index in [-0.39, 0.29) is 5.11 Å². The Hall–Kier alpha value is -1.73. The Bertz CT molecular complexity index is 523. The zero-order chi connectivity index (χ0) is 12.3. The normalized spacial score (nSPS) is 9.94. The first-order valence-electron chi connectivity index (χ1n) is 4.73. The monoisotopic (exact) mass is 266 g/mol. The van der Waals surface area contributed by atoms with Crippen LogP contribution in [0.25, 0.3) is 10.6 Å². The number of benzene rings is 1. The van der Waals surface area contributed by atoms with Crippen LogP contribution in [0.3, 0.4) is 0 Å². The van der Waals surface area contributed by atoms with Gasteiger partial charge >= 0.3 is 0 Å². The molecule has 0 fully saturated rings. The minimum Gasteiger partial charge on any atom is -0.497 e. The van der Waals surface area contributed by atoms with E-state index >= 15 is 0 Å². The first-order chi connectivity index (χ1) is 8.19. The van der Waals surface area contributed by atoms with Gasteiger partial charge in [-0.1, -0.05) is 11.3 Å². The summed E-state index contributed by atoms with van der Waals surface area (Å²) >= 11 is 6.11. The quantitative estimate of drug-likeness (QED) is 0.826. The standard InChI is InChI=1S/C10H10N4OS2/c1-15-7-4-2-6(3-5-7)8-13-14-10(17-8)12-9(11)16/h2-5H,1H3,(H3,11,12,14,16). The summed E-state index contributed by atoms with van der Waals surface area (Å²) in [5, 5.41) is 12.3. The van der Waals surface area contributed by atoms with Crippen molar-refractivity contribution < 1.29 is 4.74 Å². The summed E-state index contributed by atoms with van der Waals surface area (Å²) in [7, 11) is 1.63. The van der Waals surface area contributed by atoms with E-state index < -0.39 is 0 Å². The Kier molecular flexibility index (Phi) is 3.50. The number of thiocarbonyl (C=S) groups is 1. The van der Waals surface area contributed by atoms with E-state index in [0.717, 1.165) is 16.3 Å². The largest absolute Gasteiger partial charge is 0.497 e. The molecule has 0 bridgehead atoms. The van der Waals surface area contributed by atoms with E-state index in [9.17, 15) is 0 Å². The van der Waals surface area contributed by atoms with Gasteiger partial charge in [-0.05, 0) is 36.5 Å². The van der Waals surface area contributed by atoms with Gasteiger partial charge in [0.05, 0.1) is 7.11 Å². The van der Waals surface area contributed by atoms with Crippen molar-refractivity contribution in [1.82, 2.24) is 10.2 Å². The molecule has 2 rings (SSSR count). The van der Waals surface area contributed by atoms with Gasteiger partial charge in [-0.15, -0.1) is 10.2 Å². The number of anilines is 1. The predicted molar refractivity (Wildman–Crippen MR) is 72.3 cm³/mol. The molecule has 1 aromatic heterocycles. The van der Waals surface area contributed by atoms with Crippen molar-refractivity contribution in [3.05, 3.63) is 24.3 Å². The van der Waals surface area contributed by atoms with Crippen LogP contribution in [0.5, 0.6) is 5.75 Å². The second-order valence-corrected chi connectivity index (χ2v) is 4.55. The number of aromatic nitrogens is 2. The molecule has 3 N–H and O–H groups in total. The Morgan fingerprint density at radius 1 is 1.35 bits per heavy atom. The van der Waals surface area contributed by atoms with Crippen molar-refractivity contribution in [2.75, 3.05) is 12.4 Å². The Morgan fingerprint density at radius 2 is 2.06 bits per heavy atom. The second kappa shape index (κ2) is 5.07. The Balaban J connectivity index is 2.21. The zero-order valence-electron chi connectivity index (χ0n) is 9.01. The van der Waals surface area contributed by atoms with Crippen LogP contribution in [0.1, 0.15) is 0 Å². The molecule has 0 amide bonds. The van der Waals surface area contributed by atoms with Gasteiger partial charge in [0, 0.05) is 5.56 Å². The maximum absolute atomic E-state index is 5.35. The molecule has 0 atom stereocenters. The summed E-state index contributed by atoms with van der Waals surface area (Å²) < 4.78 is 5.08. The topological polar surface area (TPSA) is 73.1 Å². The minimum atomic E-state index is 0.183. The van der Waals surface area contributed by atoms with E-state index in [1.54, 1.807) is 7.11 Å². The fourth-order valence-corrected chi connectivity index (χ4v) is 2.15. The van der Waals surface area contributed by atoms with Crippen LogP contribution in [-0.4, -0.2) is 22.4 Å². The zero-order valence-corrected chi connectivity index (χ0v) is 10.6. The van der Waals surface area contributed by atoms with E-state index in [4.69, 9.17) is 22.7 Å². The van der Waals surface area contributed by atoms with Gasteiger partial charge in [-0.2, -0.15) is 0 Å². The van der Waals surface area contributed by atoms with Gasteiger partial charge in [0.2, 0.25) is 5.13 Å². The van der Waals surface area contributed by atoms with E-state index in [1.165, 1.54) is 11.3 Å². The highest BCUT2D eigenvalue weighted by molar-refractivity contribution is 7.80. The fraction of sp³-hybridized carbons (Fsp3) is 0.100. The average Bonchev–Trinajstić information content (AvgIpc) is 2.77. The summed E-state index contributed by atoms with van der Waals surface area (Å²) in [4.78, 5) is 0. The number of ether oxygens (including phenoxy) is 1. The molecule has 0 saturated heterocycles. The summed E-state index contributed by atoms with van der Waals surface area (Å²) in [6.07, 6.45) is 0. The lowest BCUT2D eigenvalue weighted by Crippen LogP contribution is -2.18. The maximum atomic E-state index is 5.35. The summed E-state index contributed by atoms with van der Waals surface area (Å²) in [6.45, 7) is 0. The smallest absolute Gasteiger partial charge is 0.212 e. The van der Waals surface area contributed by atoms with Crippen molar-refractivity contribution >= 4 is 33.8 Å². The van der Waals surface area contributed by atoms with Crippen LogP contribution in [-0.2, 0) is 0 Å². The van der Waals surface area contributed by atoms with Gasteiger partial charge in [-0.25, -0.2) is 0 Å². The lowest BCUT2D eigenvalue weighted by Gasteiger charge is -1.99. The number of hydrogen-bond acceptors (Lipinski definition) is 5. The number of nitrogens with one attached hydrogen (secondary N) is 1. The molecule has 0 radical (unpaired) electrons. The first-order valence-corrected chi connectivity index (χ1v) is 5.96. The second-order valence-electron chi connectivity index (χ2n) is 3.13. The molecule has 0 aliphatic carbocycles. The van der Waals surface area contributed by atoms with Gasteiger partial charge < -0.3 is 15.8 Å². The lowest BCUT2D eigenvalue weighted by atomic mass is 10.2. The van der Waals surface area contributed by atoms with Crippen LogP contribution < -0.4 is 15.8 Å². The van der Waals surface area contributed by atoms with E-state index in [1.807, 2.05) is 24.3 Å². The third-order valence-electron chi connectivity index (χ3n) is 1.99. The number of rotatable bonds is 3. The molecule has 0 spiro atoms. The highest BCUT2D eigenvalue weighted by atomic mass is 32.1. The molecule has 0 aliphatic heterocycles. The lowest BCUT2D eigenvalue weighted by molar-refractivity contribution is 0.415. The number of hydrogen-bond donors (Lipinski definition) is 2. The highest BCUT2D eigenvalue weighted by Gasteiger charge is 2.06. The third-order valence-corrected chi connectivity index (χ3v) is 2.98. The molecule has 0 saturated carbocycles. The molecular weight excluding hydrogens is 256 g/mol. The molecular formula is C10H10N4OS2. The summed E-state index contributed by atoms with van der Waals surface area (Å²) in [5.41, 5.74) is 6.32. The first kappa shape index (κ1) is 11.7. The van der Waals surface area contributed by atoms with Crippen molar-refractivity contribution in [1.29, 1.82) is 0 Å². The van der Waals surface area contributed by atoms with Crippen LogP contribution in [0.4, 0.5) is 5.13 Å². The SMILES string of the molecule is COc1ccc(-c2nnc(NC(N)=S)s2)cc1. The Morgan fingerprint density at radius 3 is 2.65 bits per heavy atom. The van der Waals surface area contributed by atoms with E-state index in [0.29, 0.717) is 5.13 Å². The Labute approximate surface area is 108 Å². The van der Waals surface area contributed by atoms with Crippen molar-refractivity contribution in [2.24, 2.45) is 5.73 Å². The average molecular weight is 266 g/mol. The van der Waals surface area contributed by atoms with Crippen molar-refractivity contribution in [3.63, 3.8) is 0 Å². The van der Waals surface area contributed by atoms with Gasteiger partial charge in [0.15, 0.2) is 5.11 Å². The van der Waals surface area contributed by atoms with Crippen LogP contribution in [0.2, 0.25) is 0 Å². The van der Waals surface area contributed by atoms with Gasteiger partial charge in [-0.3, -0.25) is 0 Å². The number of nitrogens with zero attached hydrogens (tertiary/aromatic N) is 2. The third kappa shape index (κ3) is 2.89. The molecule has 2 aromatic rings. The molecule has 1 heterocycles. The predicted octanol–water partition coefficient (Wildman–Crippen LogP) is 1.87. The summed E-state index contributed by atoms with van der Waals surface area (Å²) in [5.74, 6) is 0.805. The summed E-state index contributed by atoms with van der Waals surface area (Å²) in [6, 6.07) is 7.59. The fourth-order valence-electron chi connectivity index (χ4n) is 1.23. The van der Waals surface area contributed by atoms with Crippen LogP contribution in [0.15, 0.2) is 24.3 Å². The minimum absolute atomic E-state index is 0.183. The number of methoxy groups -OCH3 is 1. The van der Waals surface area contributed by atoms with Crippen molar-refractivity contribution in [2.45, 2.75) is 0 Å². The van der Waals surface area contributed by atoms with Gasteiger partial charge in [0.25, 0.3) is 0 Å². The van der Waals surface area contributed by atoms with E-state index in [2.05, 4.69) is 15.5 Å². The molecule has 0 aliphatic rings. The molecule has 17 heavy (non-hydrogen) atoms. The van der Waals surface area contributed by atoms with Gasteiger partial charge in [0.1, 0.15) is 10.8 Å². The molecule has 1 aromatic carbocycles. The molecule has 5 nitrogen and oxygen atoms in total. The maximum Gasteiger partial charge on any atom is 0.212 e. The molecule has 0 unspecified atom stereocenters. The molecule has 7 heteroatoms. The molecule has 88 valence electrons. The van der Waals surface area contributed by atoms with Crippen LogP contribution in [0, 0.1) is 0 Å². The van der Waals surface area contributed by atoms with Crippen molar-refractivity contribution in [3.8, 4) is 16.3 Å². The van der Waals surface area contributed by atoms with Crippen LogP contribution >= 0.6 is 23.6 Å². The highest BCUT2D eigenvalue weighted by Crippen LogP contribution is 2.27. The number of nitrogens with two attached hydrogens (primary N) is 1.